The monoisotopic (exact) mass is 199 g/mol. The van der Waals surface area contributed by atoms with Crippen LogP contribution < -0.4 is 0 Å². The molecule has 1 unspecified atom stereocenters. The van der Waals surface area contributed by atoms with Crippen LogP contribution in [-0.4, -0.2) is 0 Å². The highest BCUT2D eigenvalue weighted by Gasteiger charge is 2.32. The van der Waals surface area contributed by atoms with E-state index in [0.29, 0.717) is 0 Å². The Balaban J connectivity index is 3.28. The molecule has 1 aromatic rings. The predicted octanol–water partition coefficient (Wildman–Crippen LogP) is 3.60. The minimum atomic E-state index is -0.562. The summed E-state index contributed by atoms with van der Waals surface area (Å²) < 4.78 is 0. The van der Waals surface area contributed by atoms with Crippen molar-refractivity contribution in [3.05, 3.63) is 48.0 Å². The molecule has 0 aliphatic heterocycles. The van der Waals surface area contributed by atoms with Gasteiger partial charge in [-0.15, -0.1) is 6.58 Å². The molecule has 1 aromatic carbocycles. The zero-order valence-corrected chi connectivity index (χ0v) is 9.62. The average molecular weight is 199 g/mol. The Morgan fingerprint density at radius 2 is 1.87 bits per heavy atom. The third kappa shape index (κ3) is 1.94. The van der Waals surface area contributed by atoms with E-state index in [9.17, 15) is 5.26 Å². The largest absolute Gasteiger partial charge is 0.197 e. The summed E-state index contributed by atoms with van der Waals surface area (Å²) in [5.74, 6) is 0.225. The molecule has 1 rings (SSSR count). The fourth-order valence-electron chi connectivity index (χ4n) is 1.76. The van der Waals surface area contributed by atoms with Gasteiger partial charge in [-0.3, -0.25) is 0 Å². The Kier molecular flexibility index (Phi) is 3.31. The molecule has 0 radical (unpaired) electrons. The van der Waals surface area contributed by atoms with Crippen LogP contribution in [0.4, 0.5) is 0 Å². The molecule has 0 amide bonds. The topological polar surface area (TPSA) is 23.8 Å². The van der Waals surface area contributed by atoms with E-state index in [4.69, 9.17) is 0 Å². The van der Waals surface area contributed by atoms with Gasteiger partial charge >= 0.3 is 0 Å². The summed E-state index contributed by atoms with van der Waals surface area (Å²) in [6.07, 6.45) is 1.75. The van der Waals surface area contributed by atoms with Crippen molar-refractivity contribution >= 4 is 0 Å². The van der Waals surface area contributed by atoms with Crippen LogP contribution in [0.1, 0.15) is 25.0 Å². The molecule has 0 heterocycles. The van der Waals surface area contributed by atoms with Gasteiger partial charge < -0.3 is 0 Å². The summed E-state index contributed by atoms with van der Waals surface area (Å²) in [5.41, 5.74) is 1.67. The van der Waals surface area contributed by atoms with Crippen molar-refractivity contribution in [3.8, 4) is 6.07 Å². The molecule has 0 N–H and O–H groups in total. The molecule has 1 heteroatoms. The zero-order valence-electron chi connectivity index (χ0n) is 9.62. The van der Waals surface area contributed by atoms with Gasteiger partial charge in [-0.1, -0.05) is 49.8 Å². The van der Waals surface area contributed by atoms with Crippen LogP contribution in [0.3, 0.4) is 0 Å². The molecule has 0 aliphatic carbocycles. The van der Waals surface area contributed by atoms with Crippen molar-refractivity contribution in [2.24, 2.45) is 5.92 Å². The lowest BCUT2D eigenvalue weighted by atomic mass is 9.73. The summed E-state index contributed by atoms with van der Waals surface area (Å²) in [6, 6.07) is 10.5. The number of hydrogen-bond donors (Lipinski definition) is 0. The number of aryl methyl sites for hydroxylation is 1. The third-order valence-corrected chi connectivity index (χ3v) is 2.95. The first kappa shape index (κ1) is 11.5. The van der Waals surface area contributed by atoms with E-state index in [-0.39, 0.29) is 5.92 Å². The molecule has 0 aliphatic rings. The van der Waals surface area contributed by atoms with Gasteiger partial charge in [0.15, 0.2) is 0 Å². The first-order chi connectivity index (χ1) is 7.06. The third-order valence-electron chi connectivity index (χ3n) is 2.95. The minimum absolute atomic E-state index is 0.225. The highest BCUT2D eigenvalue weighted by Crippen LogP contribution is 2.32. The van der Waals surface area contributed by atoms with Crippen LogP contribution in [0, 0.1) is 24.2 Å². The second-order valence-electron chi connectivity index (χ2n) is 4.21. The van der Waals surface area contributed by atoms with E-state index in [2.05, 4.69) is 12.6 Å². The van der Waals surface area contributed by atoms with Crippen molar-refractivity contribution in [1.29, 1.82) is 5.26 Å². The Morgan fingerprint density at radius 1 is 1.33 bits per heavy atom. The molecule has 1 atom stereocenters. The van der Waals surface area contributed by atoms with E-state index >= 15 is 0 Å². The van der Waals surface area contributed by atoms with Crippen LogP contribution >= 0.6 is 0 Å². The summed E-state index contributed by atoms with van der Waals surface area (Å²) >= 11 is 0. The van der Waals surface area contributed by atoms with Crippen molar-refractivity contribution in [2.75, 3.05) is 0 Å². The highest BCUT2D eigenvalue weighted by molar-refractivity contribution is 5.39. The molecule has 1 nitrogen and oxygen atoms in total. The smallest absolute Gasteiger partial charge is 0.102 e. The van der Waals surface area contributed by atoms with Gasteiger partial charge in [0.2, 0.25) is 0 Å². The molecule has 0 fully saturated rings. The van der Waals surface area contributed by atoms with Gasteiger partial charge in [0.05, 0.1) is 6.07 Å². The van der Waals surface area contributed by atoms with Gasteiger partial charge in [-0.05, 0) is 18.4 Å². The van der Waals surface area contributed by atoms with Gasteiger partial charge in [0, 0.05) is 0 Å². The van der Waals surface area contributed by atoms with Gasteiger partial charge in [-0.25, -0.2) is 0 Å². The van der Waals surface area contributed by atoms with Crippen LogP contribution in [-0.2, 0) is 5.41 Å². The van der Waals surface area contributed by atoms with Crippen molar-refractivity contribution in [1.82, 2.24) is 0 Å². The number of allylic oxidation sites excluding steroid dienone is 1. The number of nitrogens with zero attached hydrogens (tertiary/aromatic N) is 1. The molecular formula is C14H17N. The maximum atomic E-state index is 9.35. The van der Waals surface area contributed by atoms with Crippen LogP contribution in [0.15, 0.2) is 36.9 Å². The first-order valence-electron chi connectivity index (χ1n) is 5.19. The summed E-state index contributed by atoms with van der Waals surface area (Å²) in [6.45, 7) is 9.94. The number of rotatable bonds is 3. The SMILES string of the molecule is C=CC(C#N)(c1ccc(C)cc1)C(C)C. The molecule has 78 valence electrons. The lowest BCUT2D eigenvalue weighted by molar-refractivity contribution is 0.479. The van der Waals surface area contributed by atoms with Crippen molar-refractivity contribution < 1.29 is 0 Å². The van der Waals surface area contributed by atoms with Gasteiger partial charge in [-0.2, -0.15) is 5.26 Å². The van der Waals surface area contributed by atoms with Crippen LogP contribution in [0.25, 0.3) is 0 Å². The van der Waals surface area contributed by atoms with Crippen LogP contribution in [0.5, 0.6) is 0 Å². The number of benzene rings is 1. The Morgan fingerprint density at radius 3 is 2.20 bits per heavy atom. The lowest BCUT2D eigenvalue weighted by Gasteiger charge is -2.27. The van der Waals surface area contributed by atoms with E-state index in [0.717, 1.165) is 5.56 Å². The van der Waals surface area contributed by atoms with Crippen LogP contribution in [0.2, 0.25) is 0 Å². The van der Waals surface area contributed by atoms with E-state index < -0.39 is 5.41 Å². The fraction of sp³-hybridized carbons (Fsp3) is 0.357. The second-order valence-corrected chi connectivity index (χ2v) is 4.21. The summed E-state index contributed by atoms with van der Waals surface area (Å²) in [4.78, 5) is 0. The quantitative estimate of drug-likeness (QED) is 0.682. The summed E-state index contributed by atoms with van der Waals surface area (Å²) in [7, 11) is 0. The van der Waals surface area contributed by atoms with E-state index in [1.54, 1.807) is 6.08 Å². The van der Waals surface area contributed by atoms with Crippen molar-refractivity contribution in [3.63, 3.8) is 0 Å². The minimum Gasteiger partial charge on any atom is -0.197 e. The first-order valence-corrected chi connectivity index (χ1v) is 5.19. The number of nitriles is 1. The van der Waals surface area contributed by atoms with E-state index in [1.165, 1.54) is 5.56 Å². The summed E-state index contributed by atoms with van der Waals surface area (Å²) in [5, 5.41) is 9.35. The maximum Gasteiger partial charge on any atom is 0.102 e. The number of hydrogen-bond acceptors (Lipinski definition) is 1. The van der Waals surface area contributed by atoms with Gasteiger partial charge in [0.25, 0.3) is 0 Å². The highest BCUT2D eigenvalue weighted by atomic mass is 14.4. The van der Waals surface area contributed by atoms with Crippen molar-refractivity contribution in [2.45, 2.75) is 26.2 Å². The van der Waals surface area contributed by atoms with E-state index in [1.807, 2.05) is 45.0 Å². The lowest BCUT2D eigenvalue weighted by Crippen LogP contribution is -2.27. The standard InChI is InChI=1S/C14H17N/c1-5-14(10-15,11(2)3)13-8-6-12(4)7-9-13/h5-9,11H,1H2,2-4H3. The normalized spacial score (nSPS) is 14.3. The predicted molar refractivity (Wildman–Crippen MR) is 63.5 cm³/mol. The molecule has 0 spiro atoms. The maximum absolute atomic E-state index is 9.35. The molecule has 0 saturated carbocycles. The molecular weight excluding hydrogens is 182 g/mol. The van der Waals surface area contributed by atoms with Gasteiger partial charge in [0.1, 0.15) is 5.41 Å². The Bertz CT molecular complexity index is 381. The average Bonchev–Trinajstić information content (AvgIpc) is 2.22. The molecule has 0 bridgehead atoms. The molecule has 0 saturated heterocycles. The second kappa shape index (κ2) is 4.31. The fourth-order valence-corrected chi connectivity index (χ4v) is 1.76. The molecule has 15 heavy (non-hydrogen) atoms. The zero-order chi connectivity index (χ0) is 11.5. The Labute approximate surface area is 92.1 Å². The molecule has 0 aromatic heterocycles. The Hall–Kier alpha value is -1.55.